The lowest BCUT2D eigenvalue weighted by molar-refractivity contribution is 0.196. The Morgan fingerprint density at radius 3 is 2.90 bits per heavy atom. The van der Waals surface area contributed by atoms with Crippen molar-refractivity contribution in [1.29, 1.82) is 0 Å². The molecule has 1 rings (SSSR count). The van der Waals surface area contributed by atoms with Crippen molar-refractivity contribution in [3.8, 4) is 0 Å². The van der Waals surface area contributed by atoms with E-state index in [1.165, 1.54) is 0 Å². The van der Waals surface area contributed by atoms with E-state index in [-0.39, 0.29) is 6.03 Å². The quantitative estimate of drug-likeness (QED) is 0.286. The van der Waals surface area contributed by atoms with E-state index < -0.39 is 0 Å². The molecule has 2 amide bonds. The van der Waals surface area contributed by atoms with Crippen molar-refractivity contribution in [1.82, 2.24) is 10.3 Å². The molecule has 1 aliphatic heterocycles. The van der Waals surface area contributed by atoms with Crippen LogP contribution in [0.2, 0.25) is 0 Å². The zero-order valence-electron chi connectivity index (χ0n) is 6.13. The van der Waals surface area contributed by atoms with Gasteiger partial charge in [0.1, 0.15) is 0 Å². The Hall–Kier alpha value is -0.770. The minimum atomic E-state index is -0.162. The number of nitrogens with one attached hydrogen (secondary N) is 1. The maximum Gasteiger partial charge on any atom is 0.331 e. The molecule has 0 aromatic carbocycles. The highest BCUT2D eigenvalue weighted by Crippen LogP contribution is 2.15. The van der Waals surface area contributed by atoms with Crippen LogP contribution in [0.5, 0.6) is 0 Å². The van der Waals surface area contributed by atoms with E-state index in [9.17, 15) is 4.79 Å². The number of hydrazine groups is 1. The molecule has 0 radical (unpaired) electrons. The van der Waals surface area contributed by atoms with E-state index in [1.54, 1.807) is 4.90 Å². The number of hydrogen-bond donors (Lipinski definition) is 2. The molecular weight excluding hydrogens is 130 g/mol. The summed E-state index contributed by atoms with van der Waals surface area (Å²) >= 11 is 0. The van der Waals surface area contributed by atoms with Gasteiger partial charge >= 0.3 is 6.03 Å². The predicted molar refractivity (Wildman–Crippen MR) is 38.1 cm³/mol. The van der Waals surface area contributed by atoms with Gasteiger partial charge in [0.25, 0.3) is 0 Å². The lowest BCUT2D eigenvalue weighted by Gasteiger charge is -2.19. The molecule has 1 atom stereocenters. The maximum atomic E-state index is 10.9. The van der Waals surface area contributed by atoms with Gasteiger partial charge < -0.3 is 4.90 Å². The second kappa shape index (κ2) is 2.88. The topological polar surface area (TPSA) is 58.4 Å². The van der Waals surface area contributed by atoms with Crippen LogP contribution in [-0.4, -0.2) is 23.5 Å². The number of carbonyl (C=O) groups is 1. The van der Waals surface area contributed by atoms with Gasteiger partial charge in [0.2, 0.25) is 0 Å². The molecule has 0 bridgehead atoms. The van der Waals surface area contributed by atoms with Crippen LogP contribution in [0.3, 0.4) is 0 Å². The summed E-state index contributed by atoms with van der Waals surface area (Å²) < 4.78 is 0. The Morgan fingerprint density at radius 2 is 2.50 bits per heavy atom. The summed E-state index contributed by atoms with van der Waals surface area (Å²) in [5.41, 5.74) is 2.12. The summed E-state index contributed by atoms with van der Waals surface area (Å²) in [5, 5.41) is 0. The zero-order valence-corrected chi connectivity index (χ0v) is 6.13. The minimum Gasteiger partial charge on any atom is -0.321 e. The third-order valence-corrected chi connectivity index (χ3v) is 1.94. The van der Waals surface area contributed by atoms with Crippen molar-refractivity contribution in [2.45, 2.75) is 25.8 Å². The number of hydrogen-bond acceptors (Lipinski definition) is 2. The molecule has 1 unspecified atom stereocenters. The van der Waals surface area contributed by atoms with Gasteiger partial charge in [0, 0.05) is 12.6 Å². The van der Waals surface area contributed by atoms with Gasteiger partial charge in [-0.05, 0) is 19.8 Å². The number of carbonyl (C=O) groups excluding carboxylic acids is 1. The molecule has 1 heterocycles. The van der Waals surface area contributed by atoms with Gasteiger partial charge in [-0.15, -0.1) is 0 Å². The normalized spacial score (nSPS) is 25.0. The molecule has 58 valence electrons. The number of nitrogens with zero attached hydrogens (tertiary/aromatic N) is 1. The van der Waals surface area contributed by atoms with Crippen LogP contribution in [0.4, 0.5) is 4.79 Å². The fourth-order valence-corrected chi connectivity index (χ4v) is 1.32. The van der Waals surface area contributed by atoms with Crippen LogP contribution in [0.1, 0.15) is 19.8 Å². The first kappa shape index (κ1) is 7.34. The number of nitrogens with two attached hydrogens (primary N) is 1. The van der Waals surface area contributed by atoms with Crippen molar-refractivity contribution in [2.75, 3.05) is 6.54 Å². The third-order valence-electron chi connectivity index (χ3n) is 1.94. The van der Waals surface area contributed by atoms with Gasteiger partial charge in [0.05, 0.1) is 0 Å². The van der Waals surface area contributed by atoms with E-state index in [0.717, 1.165) is 19.4 Å². The Bertz CT molecular complexity index is 137. The van der Waals surface area contributed by atoms with Crippen LogP contribution >= 0.6 is 0 Å². The molecule has 1 saturated heterocycles. The number of urea groups is 1. The van der Waals surface area contributed by atoms with Crippen molar-refractivity contribution < 1.29 is 4.79 Å². The summed E-state index contributed by atoms with van der Waals surface area (Å²) in [7, 11) is 0. The Balaban J connectivity index is 2.46. The molecule has 1 aliphatic rings. The van der Waals surface area contributed by atoms with Crippen molar-refractivity contribution >= 4 is 6.03 Å². The molecule has 0 saturated carbocycles. The average molecular weight is 143 g/mol. The SMILES string of the molecule is CC1CCCN1C(=O)NN. The standard InChI is InChI=1S/C6H13N3O/c1-5-3-2-4-9(5)6(10)8-7/h5H,2-4,7H2,1H3,(H,8,10). The zero-order chi connectivity index (χ0) is 7.56. The molecule has 10 heavy (non-hydrogen) atoms. The van der Waals surface area contributed by atoms with Gasteiger partial charge in [-0.1, -0.05) is 0 Å². The second-order valence-electron chi connectivity index (χ2n) is 2.63. The summed E-state index contributed by atoms with van der Waals surface area (Å²) in [4.78, 5) is 12.7. The molecule has 4 heteroatoms. The van der Waals surface area contributed by atoms with Crippen LogP contribution in [0, 0.1) is 0 Å². The number of likely N-dealkylation sites (tertiary alicyclic amines) is 1. The highest BCUT2D eigenvalue weighted by molar-refractivity contribution is 5.74. The largest absolute Gasteiger partial charge is 0.331 e. The van der Waals surface area contributed by atoms with E-state index >= 15 is 0 Å². The minimum absolute atomic E-state index is 0.162. The van der Waals surface area contributed by atoms with Gasteiger partial charge in [0.15, 0.2) is 0 Å². The van der Waals surface area contributed by atoms with E-state index in [2.05, 4.69) is 5.43 Å². The molecule has 0 aliphatic carbocycles. The first-order valence-corrected chi connectivity index (χ1v) is 3.53. The second-order valence-corrected chi connectivity index (χ2v) is 2.63. The highest BCUT2D eigenvalue weighted by Gasteiger charge is 2.23. The average Bonchev–Trinajstić information content (AvgIpc) is 2.34. The van der Waals surface area contributed by atoms with Gasteiger partial charge in [-0.3, -0.25) is 5.43 Å². The van der Waals surface area contributed by atoms with Crippen molar-refractivity contribution in [3.63, 3.8) is 0 Å². The molecule has 4 nitrogen and oxygen atoms in total. The summed E-state index contributed by atoms with van der Waals surface area (Å²) in [6.45, 7) is 2.87. The van der Waals surface area contributed by atoms with E-state index in [0.29, 0.717) is 6.04 Å². The third kappa shape index (κ3) is 1.21. The first-order chi connectivity index (χ1) is 4.75. The number of amides is 2. The lowest BCUT2D eigenvalue weighted by atomic mass is 10.2. The monoisotopic (exact) mass is 143 g/mol. The molecule has 0 aromatic heterocycles. The molecule has 3 N–H and O–H groups in total. The first-order valence-electron chi connectivity index (χ1n) is 3.53. The van der Waals surface area contributed by atoms with Crippen molar-refractivity contribution in [2.24, 2.45) is 5.84 Å². The predicted octanol–water partition coefficient (Wildman–Crippen LogP) is 0.0540. The van der Waals surface area contributed by atoms with Gasteiger partial charge in [-0.2, -0.15) is 0 Å². The van der Waals surface area contributed by atoms with E-state index in [4.69, 9.17) is 5.84 Å². The van der Waals surface area contributed by atoms with Crippen LogP contribution in [0.15, 0.2) is 0 Å². The van der Waals surface area contributed by atoms with Crippen LogP contribution in [-0.2, 0) is 0 Å². The molecule has 0 spiro atoms. The highest BCUT2D eigenvalue weighted by atomic mass is 16.2. The summed E-state index contributed by atoms with van der Waals surface area (Å²) in [5.74, 6) is 4.97. The number of rotatable bonds is 0. The molecule has 0 aromatic rings. The molecular formula is C6H13N3O. The summed E-state index contributed by atoms with van der Waals surface area (Å²) in [6, 6.07) is 0.188. The Labute approximate surface area is 60.3 Å². The van der Waals surface area contributed by atoms with Gasteiger partial charge in [-0.25, -0.2) is 10.6 Å². The molecule has 1 fully saturated rings. The van der Waals surface area contributed by atoms with Crippen molar-refractivity contribution in [3.05, 3.63) is 0 Å². The fourth-order valence-electron chi connectivity index (χ4n) is 1.32. The maximum absolute atomic E-state index is 10.9. The van der Waals surface area contributed by atoms with E-state index in [1.807, 2.05) is 6.92 Å². The Morgan fingerprint density at radius 1 is 1.80 bits per heavy atom. The smallest absolute Gasteiger partial charge is 0.321 e. The van der Waals surface area contributed by atoms with Crippen LogP contribution in [0.25, 0.3) is 0 Å². The lowest BCUT2D eigenvalue weighted by Crippen LogP contribution is -2.44. The van der Waals surface area contributed by atoms with Crippen LogP contribution < -0.4 is 11.3 Å². The fraction of sp³-hybridized carbons (Fsp3) is 0.833. The Kier molecular flexibility index (Phi) is 2.11. The summed E-state index contributed by atoms with van der Waals surface area (Å²) in [6.07, 6.45) is 2.18.